The highest BCUT2D eigenvalue weighted by atomic mass is 32.2. The minimum absolute atomic E-state index is 0.0733. The Morgan fingerprint density at radius 1 is 1.16 bits per heavy atom. The summed E-state index contributed by atoms with van der Waals surface area (Å²) in [6.45, 7) is -0.215. The summed E-state index contributed by atoms with van der Waals surface area (Å²) in [5.41, 5.74) is 1.21. The van der Waals surface area contributed by atoms with Crippen molar-refractivity contribution in [3.63, 3.8) is 0 Å². The van der Waals surface area contributed by atoms with Crippen LogP contribution in [0.15, 0.2) is 74.8 Å². The fourth-order valence-corrected chi connectivity index (χ4v) is 4.43. The molecular formula is C21H17N3O6S2. The fraction of sp³-hybridized carbons (Fsp3) is 0.0952. The first-order valence-electron chi connectivity index (χ1n) is 9.24. The lowest BCUT2D eigenvalue weighted by Crippen LogP contribution is -2.14. The molecule has 4 rings (SSSR count). The predicted octanol–water partition coefficient (Wildman–Crippen LogP) is 3.96. The summed E-state index contributed by atoms with van der Waals surface area (Å²) in [5.74, 6) is 0.412. The lowest BCUT2D eigenvalue weighted by atomic mass is 10.2. The molecular weight excluding hydrogens is 454 g/mol. The number of carbonyl (C=O) groups is 1. The molecule has 0 aliphatic carbocycles. The van der Waals surface area contributed by atoms with Gasteiger partial charge in [0.2, 0.25) is 5.82 Å². The maximum absolute atomic E-state index is 12.7. The maximum Gasteiger partial charge on any atom is 0.338 e. The van der Waals surface area contributed by atoms with Crippen LogP contribution in [0.5, 0.6) is 5.75 Å². The van der Waals surface area contributed by atoms with E-state index in [2.05, 4.69) is 14.9 Å². The minimum atomic E-state index is -3.92. The number of benzene rings is 2. The molecule has 0 spiro atoms. The molecule has 2 aromatic heterocycles. The van der Waals surface area contributed by atoms with Crippen molar-refractivity contribution in [1.29, 1.82) is 0 Å². The Labute approximate surface area is 187 Å². The lowest BCUT2D eigenvalue weighted by Gasteiger charge is -2.10. The van der Waals surface area contributed by atoms with E-state index in [9.17, 15) is 13.2 Å². The van der Waals surface area contributed by atoms with Gasteiger partial charge in [-0.3, -0.25) is 4.72 Å². The molecule has 0 unspecified atom stereocenters. The number of aromatic nitrogens is 2. The zero-order valence-electron chi connectivity index (χ0n) is 16.7. The molecule has 0 atom stereocenters. The molecule has 9 nitrogen and oxygen atoms in total. The van der Waals surface area contributed by atoms with Crippen LogP contribution in [0.3, 0.4) is 0 Å². The summed E-state index contributed by atoms with van der Waals surface area (Å²) in [7, 11) is -2.40. The molecule has 0 amide bonds. The van der Waals surface area contributed by atoms with Gasteiger partial charge in [0.1, 0.15) is 5.75 Å². The Morgan fingerprint density at radius 3 is 2.69 bits per heavy atom. The van der Waals surface area contributed by atoms with Gasteiger partial charge in [0.15, 0.2) is 6.61 Å². The average molecular weight is 472 g/mol. The highest BCUT2D eigenvalue weighted by molar-refractivity contribution is 7.92. The first-order valence-corrected chi connectivity index (χ1v) is 11.7. The number of rotatable bonds is 8. The van der Waals surface area contributed by atoms with Gasteiger partial charge in [0.05, 0.1) is 23.1 Å². The van der Waals surface area contributed by atoms with Gasteiger partial charge >= 0.3 is 5.97 Å². The van der Waals surface area contributed by atoms with Crippen LogP contribution in [-0.2, 0) is 21.4 Å². The van der Waals surface area contributed by atoms with Crippen LogP contribution in [0.4, 0.5) is 5.69 Å². The second-order valence-electron chi connectivity index (χ2n) is 6.47. The summed E-state index contributed by atoms with van der Waals surface area (Å²) < 4.78 is 43.3. The maximum atomic E-state index is 12.7. The van der Waals surface area contributed by atoms with E-state index in [1.54, 1.807) is 24.3 Å². The molecule has 0 aliphatic rings. The summed E-state index contributed by atoms with van der Waals surface area (Å²) in [4.78, 5) is 16.5. The highest BCUT2D eigenvalue weighted by Gasteiger charge is 2.18. The van der Waals surface area contributed by atoms with Crippen LogP contribution in [0.1, 0.15) is 16.2 Å². The number of methoxy groups -OCH3 is 1. The molecule has 4 aromatic rings. The number of thiophene rings is 1. The summed E-state index contributed by atoms with van der Waals surface area (Å²) in [6, 6.07) is 13.8. The number of hydrogen-bond donors (Lipinski definition) is 1. The van der Waals surface area contributed by atoms with E-state index in [0.717, 1.165) is 5.56 Å². The third kappa shape index (κ3) is 4.95. The van der Waals surface area contributed by atoms with E-state index in [4.69, 9.17) is 14.0 Å². The van der Waals surface area contributed by atoms with Crippen molar-refractivity contribution in [2.75, 3.05) is 11.8 Å². The number of anilines is 1. The smallest absolute Gasteiger partial charge is 0.338 e. The zero-order valence-corrected chi connectivity index (χ0v) is 18.4. The third-order valence-electron chi connectivity index (χ3n) is 4.29. The number of sulfonamides is 1. The lowest BCUT2D eigenvalue weighted by molar-refractivity contribution is 0.0459. The first kappa shape index (κ1) is 21.5. The zero-order chi connectivity index (χ0) is 22.6. The SMILES string of the molecule is COc1ccc(NS(=O)(=O)c2cccc(C(=O)OCc3noc(-c4ccsc4)n3)c2)cc1. The van der Waals surface area contributed by atoms with E-state index >= 15 is 0 Å². The molecule has 0 radical (unpaired) electrons. The Bertz CT molecular complexity index is 1320. The van der Waals surface area contributed by atoms with E-state index < -0.39 is 16.0 Å². The molecule has 32 heavy (non-hydrogen) atoms. The van der Waals surface area contributed by atoms with Crippen LogP contribution in [-0.4, -0.2) is 31.6 Å². The molecule has 0 fully saturated rings. The van der Waals surface area contributed by atoms with E-state index in [-0.39, 0.29) is 22.9 Å². The predicted molar refractivity (Wildman–Crippen MR) is 117 cm³/mol. The van der Waals surface area contributed by atoms with Gasteiger partial charge in [-0.05, 0) is 53.9 Å². The Kier molecular flexibility index (Phi) is 6.19. The van der Waals surface area contributed by atoms with Crippen molar-refractivity contribution in [3.8, 4) is 17.2 Å². The van der Waals surface area contributed by atoms with Gasteiger partial charge in [0.25, 0.3) is 15.9 Å². The van der Waals surface area contributed by atoms with Gasteiger partial charge in [-0.2, -0.15) is 16.3 Å². The van der Waals surface area contributed by atoms with Gasteiger partial charge < -0.3 is 14.0 Å². The van der Waals surface area contributed by atoms with Crippen LogP contribution >= 0.6 is 11.3 Å². The molecule has 164 valence electrons. The van der Waals surface area contributed by atoms with Gasteiger partial charge in [-0.15, -0.1) is 0 Å². The number of ether oxygens (including phenoxy) is 2. The third-order valence-corrected chi connectivity index (χ3v) is 6.35. The van der Waals surface area contributed by atoms with Gasteiger partial charge in [-0.1, -0.05) is 11.2 Å². The summed E-state index contributed by atoms with van der Waals surface area (Å²) in [5, 5.41) is 7.52. The number of esters is 1. The quantitative estimate of drug-likeness (QED) is 0.383. The van der Waals surface area contributed by atoms with Crippen molar-refractivity contribution in [2.24, 2.45) is 0 Å². The van der Waals surface area contributed by atoms with E-state index in [1.165, 1.54) is 42.7 Å². The molecule has 0 saturated heterocycles. The van der Waals surface area contributed by atoms with Crippen molar-refractivity contribution in [3.05, 3.63) is 76.7 Å². The number of hydrogen-bond acceptors (Lipinski definition) is 9. The Hall–Kier alpha value is -3.70. The van der Waals surface area contributed by atoms with Crippen LogP contribution in [0.2, 0.25) is 0 Å². The number of nitrogens with one attached hydrogen (secondary N) is 1. The Morgan fingerprint density at radius 2 is 1.97 bits per heavy atom. The second-order valence-corrected chi connectivity index (χ2v) is 8.93. The normalized spacial score (nSPS) is 11.2. The molecule has 0 saturated carbocycles. The highest BCUT2D eigenvalue weighted by Crippen LogP contribution is 2.22. The first-order chi connectivity index (χ1) is 15.4. The van der Waals surface area contributed by atoms with Crippen molar-refractivity contribution in [1.82, 2.24) is 10.1 Å². The molecule has 2 heterocycles. The number of carbonyl (C=O) groups excluding carboxylic acids is 1. The van der Waals surface area contributed by atoms with Crippen molar-refractivity contribution < 1.29 is 27.2 Å². The van der Waals surface area contributed by atoms with Gasteiger partial charge in [-0.25, -0.2) is 13.2 Å². The van der Waals surface area contributed by atoms with Crippen molar-refractivity contribution in [2.45, 2.75) is 11.5 Å². The minimum Gasteiger partial charge on any atom is -0.497 e. The topological polar surface area (TPSA) is 121 Å². The summed E-state index contributed by atoms with van der Waals surface area (Å²) in [6.07, 6.45) is 0. The molecule has 0 bridgehead atoms. The monoisotopic (exact) mass is 471 g/mol. The fourth-order valence-electron chi connectivity index (χ4n) is 2.69. The molecule has 2 aromatic carbocycles. The van der Waals surface area contributed by atoms with Crippen LogP contribution in [0, 0.1) is 0 Å². The second kappa shape index (κ2) is 9.20. The Balaban J connectivity index is 1.42. The van der Waals surface area contributed by atoms with Gasteiger partial charge in [0, 0.05) is 11.1 Å². The van der Waals surface area contributed by atoms with Crippen LogP contribution in [0.25, 0.3) is 11.5 Å². The van der Waals surface area contributed by atoms with E-state index in [1.807, 2.05) is 16.8 Å². The average Bonchev–Trinajstić information content (AvgIpc) is 3.50. The molecule has 1 N–H and O–H groups in total. The molecule has 11 heteroatoms. The number of nitrogens with zero attached hydrogens (tertiary/aromatic N) is 2. The summed E-state index contributed by atoms with van der Waals surface area (Å²) >= 11 is 1.49. The molecule has 0 aliphatic heterocycles. The van der Waals surface area contributed by atoms with Crippen molar-refractivity contribution >= 4 is 33.0 Å². The standard InChI is InChI=1S/C21H17N3O6S2/c1-28-17-7-5-16(6-8-17)24-32(26,27)18-4-2-3-14(11-18)21(25)29-12-19-22-20(30-23-19)15-9-10-31-13-15/h2-11,13,24H,12H2,1H3. The van der Waals surface area contributed by atoms with Crippen LogP contribution < -0.4 is 9.46 Å². The van der Waals surface area contributed by atoms with E-state index in [0.29, 0.717) is 17.3 Å². The largest absolute Gasteiger partial charge is 0.497 e.